The maximum absolute atomic E-state index is 14.5. The van der Waals surface area contributed by atoms with Crippen LogP contribution in [0.4, 0.5) is 10.1 Å². The number of benzene rings is 3. The van der Waals surface area contributed by atoms with Crippen molar-refractivity contribution in [2.24, 2.45) is 0 Å². The molecule has 0 radical (unpaired) electrons. The molecule has 1 fully saturated rings. The first-order valence-electron chi connectivity index (χ1n) is 10.2. The van der Waals surface area contributed by atoms with Crippen molar-refractivity contribution in [2.45, 2.75) is 11.4 Å². The van der Waals surface area contributed by atoms with Gasteiger partial charge in [-0.25, -0.2) is 12.8 Å². The third-order valence-corrected chi connectivity index (χ3v) is 7.06. The number of halogens is 1. The normalized spacial score (nSPS) is 14.2. The first-order chi connectivity index (χ1) is 15.5. The number of anilines is 1. The number of amides is 1. The Labute approximate surface area is 186 Å². The number of hydrogen-bond acceptors (Lipinski definition) is 4. The van der Waals surface area contributed by atoms with Crippen LogP contribution in [-0.2, 0) is 21.3 Å². The number of ether oxygens (including phenoxy) is 1. The first kappa shape index (κ1) is 22.0. The van der Waals surface area contributed by atoms with E-state index < -0.39 is 20.7 Å². The van der Waals surface area contributed by atoms with Crippen molar-refractivity contribution in [3.63, 3.8) is 0 Å². The zero-order chi connectivity index (χ0) is 22.6. The van der Waals surface area contributed by atoms with Crippen LogP contribution in [0.15, 0.2) is 83.8 Å². The van der Waals surface area contributed by atoms with Crippen LogP contribution < -0.4 is 4.31 Å². The Morgan fingerprint density at radius 1 is 0.938 bits per heavy atom. The van der Waals surface area contributed by atoms with Gasteiger partial charge in [-0.05, 0) is 35.9 Å². The Bertz CT molecular complexity index is 1200. The van der Waals surface area contributed by atoms with Gasteiger partial charge in [-0.1, -0.05) is 48.5 Å². The van der Waals surface area contributed by atoms with Gasteiger partial charge in [0.15, 0.2) is 0 Å². The molecule has 1 aliphatic heterocycles. The average Bonchev–Trinajstić information content (AvgIpc) is 2.83. The van der Waals surface area contributed by atoms with Gasteiger partial charge in [0, 0.05) is 18.7 Å². The molecule has 1 heterocycles. The molecule has 0 unspecified atom stereocenters. The quantitative estimate of drug-likeness (QED) is 0.570. The van der Waals surface area contributed by atoms with Crippen LogP contribution in [0.5, 0.6) is 0 Å². The SMILES string of the molecule is O=C(c1cccc(N(Cc2ccccc2)S(=O)(=O)c2ccccc2F)c1)N1CCOCC1. The van der Waals surface area contributed by atoms with Crippen molar-refractivity contribution < 1.29 is 22.3 Å². The Hall–Kier alpha value is -3.23. The lowest BCUT2D eigenvalue weighted by atomic mass is 10.1. The first-order valence-corrected chi connectivity index (χ1v) is 11.7. The van der Waals surface area contributed by atoms with Gasteiger partial charge in [-0.2, -0.15) is 0 Å². The number of rotatable bonds is 6. The molecule has 0 aromatic heterocycles. The zero-order valence-electron chi connectivity index (χ0n) is 17.4. The van der Waals surface area contributed by atoms with Crippen LogP contribution in [0.25, 0.3) is 0 Å². The lowest BCUT2D eigenvalue weighted by molar-refractivity contribution is 0.0303. The number of hydrogen-bond donors (Lipinski definition) is 0. The highest BCUT2D eigenvalue weighted by Gasteiger charge is 2.29. The molecule has 0 atom stereocenters. The molecule has 6 nitrogen and oxygen atoms in total. The van der Waals surface area contributed by atoms with Crippen molar-refractivity contribution in [1.82, 2.24) is 4.90 Å². The van der Waals surface area contributed by atoms with E-state index in [1.165, 1.54) is 18.2 Å². The second-order valence-corrected chi connectivity index (χ2v) is 9.21. The summed E-state index contributed by atoms with van der Waals surface area (Å²) in [6.45, 7) is 1.88. The average molecular weight is 455 g/mol. The summed E-state index contributed by atoms with van der Waals surface area (Å²) in [6.07, 6.45) is 0. The number of carbonyl (C=O) groups is 1. The molecule has 0 aliphatic carbocycles. The molecule has 0 bridgehead atoms. The topological polar surface area (TPSA) is 66.9 Å². The minimum absolute atomic E-state index is 0.00724. The second-order valence-electron chi connectivity index (χ2n) is 7.38. The summed E-state index contributed by atoms with van der Waals surface area (Å²) >= 11 is 0. The number of nitrogens with zero attached hydrogens (tertiary/aromatic N) is 2. The Morgan fingerprint density at radius 2 is 1.62 bits per heavy atom. The molecular weight excluding hydrogens is 431 g/mol. The Kier molecular flexibility index (Phi) is 6.53. The molecule has 1 amide bonds. The van der Waals surface area contributed by atoms with E-state index in [4.69, 9.17) is 4.74 Å². The number of sulfonamides is 1. The summed E-state index contributed by atoms with van der Waals surface area (Å²) in [6, 6.07) is 20.8. The largest absolute Gasteiger partial charge is 0.378 e. The van der Waals surface area contributed by atoms with E-state index in [9.17, 15) is 17.6 Å². The zero-order valence-corrected chi connectivity index (χ0v) is 18.2. The van der Waals surface area contributed by atoms with Crippen LogP contribution in [0.1, 0.15) is 15.9 Å². The fraction of sp³-hybridized carbons (Fsp3) is 0.208. The molecule has 4 rings (SSSR count). The Balaban J connectivity index is 1.75. The van der Waals surface area contributed by atoms with Gasteiger partial charge in [-0.15, -0.1) is 0 Å². The molecule has 166 valence electrons. The molecule has 0 spiro atoms. The van der Waals surface area contributed by atoms with Crippen LogP contribution in [-0.4, -0.2) is 45.5 Å². The van der Waals surface area contributed by atoms with Crippen molar-refractivity contribution in [2.75, 3.05) is 30.6 Å². The van der Waals surface area contributed by atoms with Crippen LogP contribution in [0.3, 0.4) is 0 Å². The van der Waals surface area contributed by atoms with Gasteiger partial charge in [0.25, 0.3) is 15.9 Å². The van der Waals surface area contributed by atoms with Crippen LogP contribution in [0.2, 0.25) is 0 Å². The molecule has 32 heavy (non-hydrogen) atoms. The van der Waals surface area contributed by atoms with Crippen LogP contribution >= 0.6 is 0 Å². The van der Waals surface area contributed by atoms with E-state index in [-0.39, 0.29) is 18.1 Å². The molecular formula is C24H23FN2O4S. The Morgan fingerprint density at radius 3 is 2.34 bits per heavy atom. The van der Waals surface area contributed by atoms with Gasteiger partial charge in [0.2, 0.25) is 0 Å². The van der Waals surface area contributed by atoms with E-state index in [2.05, 4.69) is 0 Å². The lowest BCUT2D eigenvalue weighted by Crippen LogP contribution is -2.40. The van der Waals surface area contributed by atoms with Gasteiger partial charge in [0.1, 0.15) is 10.7 Å². The van der Waals surface area contributed by atoms with Gasteiger partial charge >= 0.3 is 0 Å². The summed E-state index contributed by atoms with van der Waals surface area (Å²) in [5, 5.41) is 0. The summed E-state index contributed by atoms with van der Waals surface area (Å²) in [5.74, 6) is -1.02. The highest BCUT2D eigenvalue weighted by Crippen LogP contribution is 2.28. The van der Waals surface area contributed by atoms with E-state index in [1.54, 1.807) is 41.3 Å². The third-order valence-electron chi connectivity index (χ3n) is 5.25. The molecule has 0 N–H and O–H groups in total. The standard InChI is InChI=1S/C24H23FN2O4S/c25-22-11-4-5-12-23(22)32(29,30)27(18-19-7-2-1-3-8-19)21-10-6-9-20(17-21)24(28)26-13-15-31-16-14-26/h1-12,17H,13-16,18H2. The highest BCUT2D eigenvalue weighted by atomic mass is 32.2. The molecule has 3 aromatic rings. The van der Waals surface area contributed by atoms with Gasteiger partial charge < -0.3 is 9.64 Å². The minimum atomic E-state index is -4.24. The third kappa shape index (κ3) is 4.66. The van der Waals surface area contributed by atoms with E-state index in [1.807, 2.05) is 18.2 Å². The molecule has 8 heteroatoms. The molecule has 0 saturated carbocycles. The van der Waals surface area contributed by atoms with E-state index >= 15 is 0 Å². The predicted molar refractivity (Wildman–Crippen MR) is 119 cm³/mol. The number of morpholine rings is 1. The van der Waals surface area contributed by atoms with Crippen LogP contribution in [0, 0.1) is 5.82 Å². The van der Waals surface area contributed by atoms with Gasteiger partial charge in [-0.3, -0.25) is 9.10 Å². The maximum atomic E-state index is 14.5. The van der Waals surface area contributed by atoms with Crippen molar-refractivity contribution in [1.29, 1.82) is 0 Å². The fourth-order valence-electron chi connectivity index (χ4n) is 3.58. The molecule has 1 aliphatic rings. The fourth-order valence-corrected chi connectivity index (χ4v) is 5.09. The summed E-state index contributed by atoms with van der Waals surface area (Å²) in [5.41, 5.74) is 1.39. The van der Waals surface area contributed by atoms with Gasteiger partial charge in [0.05, 0.1) is 25.4 Å². The highest BCUT2D eigenvalue weighted by molar-refractivity contribution is 7.92. The smallest absolute Gasteiger partial charge is 0.267 e. The van der Waals surface area contributed by atoms with E-state index in [0.717, 1.165) is 15.9 Å². The molecule has 1 saturated heterocycles. The summed E-state index contributed by atoms with van der Waals surface area (Å²) < 4.78 is 47.9. The second kappa shape index (κ2) is 9.50. The predicted octanol–water partition coefficient (Wildman–Crippen LogP) is 3.69. The molecule has 3 aromatic carbocycles. The van der Waals surface area contributed by atoms with E-state index in [0.29, 0.717) is 31.9 Å². The summed E-state index contributed by atoms with van der Waals surface area (Å²) in [7, 11) is -4.24. The maximum Gasteiger partial charge on any atom is 0.267 e. The van der Waals surface area contributed by atoms with Crippen molar-refractivity contribution >= 4 is 21.6 Å². The summed E-state index contributed by atoms with van der Waals surface area (Å²) in [4.78, 5) is 14.2. The van der Waals surface area contributed by atoms with Crippen molar-refractivity contribution in [3.8, 4) is 0 Å². The monoisotopic (exact) mass is 454 g/mol. The minimum Gasteiger partial charge on any atom is -0.378 e. The van der Waals surface area contributed by atoms with Crippen molar-refractivity contribution in [3.05, 3.63) is 95.8 Å². The lowest BCUT2D eigenvalue weighted by Gasteiger charge is -2.28. The number of carbonyl (C=O) groups excluding carboxylic acids is 1.